The Morgan fingerprint density at radius 2 is 1.80 bits per heavy atom. The quantitative estimate of drug-likeness (QED) is 0.655. The first-order chi connectivity index (χ1) is 12.0. The summed E-state index contributed by atoms with van der Waals surface area (Å²) in [5.41, 5.74) is 2.30. The van der Waals surface area contributed by atoms with Gasteiger partial charge in [0.05, 0.1) is 7.11 Å². The summed E-state index contributed by atoms with van der Waals surface area (Å²) < 4.78 is 24.3. The predicted molar refractivity (Wildman–Crippen MR) is 94.5 cm³/mol. The van der Waals surface area contributed by atoms with Crippen molar-refractivity contribution in [2.45, 2.75) is 13.5 Å². The summed E-state index contributed by atoms with van der Waals surface area (Å²) in [7, 11) is 1.43. The van der Waals surface area contributed by atoms with E-state index in [-0.39, 0.29) is 12.4 Å². The van der Waals surface area contributed by atoms with Crippen molar-refractivity contribution in [3.8, 4) is 23.0 Å². The fraction of sp³-hybridized carbons (Fsp3) is 0.158. The number of nitrogens with zero attached hydrogens (tertiary/aromatic N) is 2. The molecule has 0 aliphatic carbocycles. The number of aromatic nitrogens is 2. The maximum atomic E-state index is 13.7. The fourth-order valence-electron chi connectivity index (χ4n) is 2.30. The molecule has 4 nitrogen and oxygen atoms in total. The van der Waals surface area contributed by atoms with Crippen LogP contribution in [0.4, 0.5) is 4.39 Å². The second kappa shape index (κ2) is 7.49. The average molecular weight is 359 g/mol. The van der Waals surface area contributed by atoms with Gasteiger partial charge in [0.1, 0.15) is 6.61 Å². The molecular formula is C19H16ClFN2O2. The van der Waals surface area contributed by atoms with Gasteiger partial charge < -0.3 is 9.47 Å². The van der Waals surface area contributed by atoms with Gasteiger partial charge in [-0.3, -0.25) is 0 Å². The minimum absolute atomic E-state index is 0.192. The van der Waals surface area contributed by atoms with Crippen LogP contribution in [0.15, 0.2) is 48.5 Å². The molecule has 0 aliphatic heterocycles. The Hall–Kier alpha value is -2.66. The van der Waals surface area contributed by atoms with Crippen LogP contribution >= 0.6 is 11.6 Å². The van der Waals surface area contributed by atoms with E-state index in [0.717, 1.165) is 11.3 Å². The van der Waals surface area contributed by atoms with Gasteiger partial charge in [-0.2, -0.15) is 4.98 Å². The highest BCUT2D eigenvalue weighted by atomic mass is 35.5. The first-order valence-corrected chi connectivity index (χ1v) is 8.00. The second-order valence-corrected chi connectivity index (χ2v) is 5.87. The van der Waals surface area contributed by atoms with Crippen LogP contribution in [-0.2, 0) is 6.61 Å². The van der Waals surface area contributed by atoms with E-state index in [1.807, 2.05) is 19.1 Å². The summed E-state index contributed by atoms with van der Waals surface area (Å²) in [6, 6.07) is 13.7. The van der Waals surface area contributed by atoms with Crippen molar-refractivity contribution in [2.75, 3.05) is 7.11 Å². The molecule has 3 rings (SSSR count). The lowest BCUT2D eigenvalue weighted by Crippen LogP contribution is -2.01. The smallest absolute Gasteiger partial charge is 0.217 e. The van der Waals surface area contributed by atoms with Crippen LogP contribution in [-0.4, -0.2) is 17.1 Å². The van der Waals surface area contributed by atoms with Crippen molar-refractivity contribution in [1.29, 1.82) is 0 Å². The molecule has 0 N–H and O–H groups in total. The summed E-state index contributed by atoms with van der Waals surface area (Å²) >= 11 is 5.91. The molecule has 0 saturated carbocycles. The third kappa shape index (κ3) is 4.25. The molecule has 128 valence electrons. The molecular weight excluding hydrogens is 343 g/mol. The lowest BCUT2D eigenvalue weighted by atomic mass is 10.2. The lowest BCUT2D eigenvalue weighted by molar-refractivity contribution is 0.292. The van der Waals surface area contributed by atoms with Crippen LogP contribution in [0.2, 0.25) is 5.02 Å². The zero-order valence-corrected chi connectivity index (χ0v) is 14.5. The van der Waals surface area contributed by atoms with Gasteiger partial charge >= 0.3 is 0 Å². The summed E-state index contributed by atoms with van der Waals surface area (Å²) in [6.45, 7) is 2.05. The highest BCUT2D eigenvalue weighted by Gasteiger charge is 2.08. The topological polar surface area (TPSA) is 44.2 Å². The fourth-order valence-corrected chi connectivity index (χ4v) is 2.42. The molecule has 0 amide bonds. The van der Waals surface area contributed by atoms with E-state index in [2.05, 4.69) is 9.97 Å². The highest BCUT2D eigenvalue weighted by Crippen LogP contribution is 2.22. The van der Waals surface area contributed by atoms with E-state index in [0.29, 0.717) is 22.3 Å². The van der Waals surface area contributed by atoms with Gasteiger partial charge in [0.15, 0.2) is 17.4 Å². The second-order valence-electron chi connectivity index (χ2n) is 5.44. The normalized spacial score (nSPS) is 10.6. The van der Waals surface area contributed by atoms with Gasteiger partial charge in [0.2, 0.25) is 5.88 Å². The molecule has 0 atom stereocenters. The van der Waals surface area contributed by atoms with Crippen LogP contribution in [0, 0.1) is 12.7 Å². The van der Waals surface area contributed by atoms with E-state index < -0.39 is 5.82 Å². The van der Waals surface area contributed by atoms with Gasteiger partial charge in [0, 0.05) is 22.3 Å². The molecule has 1 aromatic heterocycles. The zero-order chi connectivity index (χ0) is 17.8. The summed E-state index contributed by atoms with van der Waals surface area (Å²) in [5, 5.41) is 0.648. The monoisotopic (exact) mass is 358 g/mol. The molecule has 6 heteroatoms. The molecule has 0 unspecified atom stereocenters. The number of hydrogen-bond donors (Lipinski definition) is 0. The number of ether oxygens (including phenoxy) is 2. The van der Waals surface area contributed by atoms with Crippen LogP contribution in [0.1, 0.15) is 11.3 Å². The average Bonchev–Trinajstić information content (AvgIpc) is 2.60. The van der Waals surface area contributed by atoms with Crippen molar-refractivity contribution < 1.29 is 13.9 Å². The minimum atomic E-state index is -0.427. The first kappa shape index (κ1) is 17.2. The molecule has 0 aliphatic rings. The van der Waals surface area contributed by atoms with Crippen molar-refractivity contribution in [1.82, 2.24) is 9.97 Å². The third-order valence-electron chi connectivity index (χ3n) is 3.54. The number of methoxy groups -OCH3 is 1. The van der Waals surface area contributed by atoms with Crippen molar-refractivity contribution in [2.24, 2.45) is 0 Å². The summed E-state index contributed by atoms with van der Waals surface area (Å²) in [4.78, 5) is 8.82. The van der Waals surface area contributed by atoms with E-state index >= 15 is 0 Å². The summed E-state index contributed by atoms with van der Waals surface area (Å²) in [6.07, 6.45) is 0. The van der Waals surface area contributed by atoms with Gasteiger partial charge in [-0.25, -0.2) is 9.37 Å². The molecule has 0 fully saturated rings. The van der Waals surface area contributed by atoms with Crippen molar-refractivity contribution in [3.05, 3.63) is 70.6 Å². The number of hydrogen-bond acceptors (Lipinski definition) is 4. The number of rotatable bonds is 5. The molecule has 0 radical (unpaired) electrons. The van der Waals surface area contributed by atoms with Crippen LogP contribution in [0.3, 0.4) is 0 Å². The highest BCUT2D eigenvalue weighted by molar-refractivity contribution is 6.30. The van der Waals surface area contributed by atoms with Crippen LogP contribution in [0.25, 0.3) is 11.4 Å². The van der Waals surface area contributed by atoms with E-state index in [4.69, 9.17) is 21.1 Å². The molecule has 1 heterocycles. The minimum Gasteiger partial charge on any atom is -0.494 e. The molecule has 0 spiro atoms. The number of benzene rings is 2. The molecule has 2 aromatic carbocycles. The van der Waals surface area contributed by atoms with E-state index in [1.54, 1.807) is 30.3 Å². The van der Waals surface area contributed by atoms with Gasteiger partial charge in [-0.1, -0.05) is 17.7 Å². The SMILES string of the molecule is COc1ccc(COc2cc(C)nc(-c3ccc(Cl)cc3)n2)cc1F. The van der Waals surface area contributed by atoms with Crippen LogP contribution < -0.4 is 9.47 Å². The largest absolute Gasteiger partial charge is 0.494 e. The molecule has 3 aromatic rings. The molecule has 0 bridgehead atoms. The van der Waals surface area contributed by atoms with Gasteiger partial charge in [-0.05, 0) is 48.9 Å². The van der Waals surface area contributed by atoms with Crippen molar-refractivity contribution in [3.63, 3.8) is 0 Å². The zero-order valence-electron chi connectivity index (χ0n) is 13.8. The van der Waals surface area contributed by atoms with Crippen molar-refractivity contribution >= 4 is 11.6 Å². The Morgan fingerprint density at radius 1 is 1.04 bits per heavy atom. The Kier molecular flexibility index (Phi) is 5.14. The van der Waals surface area contributed by atoms with E-state index in [1.165, 1.54) is 13.2 Å². The van der Waals surface area contributed by atoms with Gasteiger partial charge in [-0.15, -0.1) is 0 Å². The van der Waals surface area contributed by atoms with Gasteiger partial charge in [0.25, 0.3) is 0 Å². The standard InChI is InChI=1S/C19H16ClFN2O2/c1-12-9-18(23-19(22-12)14-4-6-15(20)7-5-14)25-11-13-3-8-17(24-2)16(21)10-13/h3-10H,11H2,1-2H3. The maximum absolute atomic E-state index is 13.7. The maximum Gasteiger partial charge on any atom is 0.217 e. The first-order valence-electron chi connectivity index (χ1n) is 7.62. The number of aryl methyl sites for hydroxylation is 1. The lowest BCUT2D eigenvalue weighted by Gasteiger charge is -2.09. The molecule has 0 saturated heterocycles. The summed E-state index contributed by atoms with van der Waals surface area (Å²) in [5.74, 6) is 0.747. The third-order valence-corrected chi connectivity index (χ3v) is 3.79. The number of halogens is 2. The Bertz CT molecular complexity index is 885. The van der Waals surface area contributed by atoms with Crippen LogP contribution in [0.5, 0.6) is 11.6 Å². The Labute approximate surface area is 150 Å². The van der Waals surface area contributed by atoms with E-state index in [9.17, 15) is 4.39 Å². The Morgan fingerprint density at radius 3 is 2.48 bits per heavy atom. The predicted octanol–water partition coefficient (Wildman–Crippen LogP) is 4.83. The Balaban J connectivity index is 1.79. The molecule has 25 heavy (non-hydrogen) atoms.